The van der Waals surface area contributed by atoms with Crippen molar-refractivity contribution in [3.8, 4) is 0 Å². The molecular formula is C44H104N10O18. The van der Waals surface area contributed by atoms with Gasteiger partial charge in [0.15, 0.2) is 0 Å². The molecule has 6 amide bonds. The monoisotopic (exact) mass is 1060 g/mol. The Morgan fingerprint density at radius 3 is 1.01 bits per heavy atom. The Labute approximate surface area is 429 Å². The van der Waals surface area contributed by atoms with E-state index in [1.165, 1.54) is 28.4 Å². The van der Waals surface area contributed by atoms with Crippen LogP contribution in [0.3, 0.4) is 0 Å². The Morgan fingerprint density at radius 2 is 0.806 bits per heavy atom. The van der Waals surface area contributed by atoms with Gasteiger partial charge in [-0.3, -0.25) is 9.79 Å². The van der Waals surface area contributed by atoms with Crippen molar-refractivity contribution < 1.29 is 89.2 Å². The van der Waals surface area contributed by atoms with Crippen LogP contribution in [0.5, 0.6) is 0 Å². The highest BCUT2D eigenvalue weighted by molar-refractivity contribution is 5.79. The number of nitrogens with one attached hydrogen (secondary N) is 6. The van der Waals surface area contributed by atoms with E-state index in [0.717, 1.165) is 12.1 Å². The fourth-order valence-electron chi connectivity index (χ4n) is 2.35. The summed E-state index contributed by atoms with van der Waals surface area (Å²) in [6.07, 6.45) is -4.21. The van der Waals surface area contributed by atoms with Crippen molar-refractivity contribution in [1.29, 1.82) is 0 Å². The highest BCUT2D eigenvalue weighted by Crippen LogP contribution is 1.97. The third kappa shape index (κ3) is 126. The molecule has 0 aromatic rings. The number of methoxy groups -OCH3 is 3. The minimum Gasteiger partial charge on any atom is -0.469 e. The second-order valence-electron chi connectivity index (χ2n) is 15.7. The molecule has 0 saturated carbocycles. The minimum absolute atomic E-state index is 0.0592. The molecule has 28 heteroatoms. The highest BCUT2D eigenvalue weighted by Gasteiger charge is 2.10. The predicted molar refractivity (Wildman–Crippen MR) is 278 cm³/mol. The van der Waals surface area contributed by atoms with Crippen molar-refractivity contribution in [2.75, 3.05) is 87.3 Å². The normalized spacial score (nSPS) is 12.7. The zero-order valence-corrected chi connectivity index (χ0v) is 46.2. The molecule has 0 aliphatic heterocycles. The largest absolute Gasteiger partial charge is 0.469 e. The lowest BCUT2D eigenvalue weighted by atomic mass is 10.2. The second-order valence-corrected chi connectivity index (χ2v) is 15.7. The molecule has 0 aromatic heterocycles. The molecule has 0 radical (unpaired) electrons. The van der Waals surface area contributed by atoms with Crippen molar-refractivity contribution in [1.82, 2.24) is 31.9 Å². The molecule has 72 heavy (non-hydrogen) atoms. The average molecular weight is 1060 g/mol. The Hall–Kier alpha value is -4.30. The Kier molecular flexibility index (Phi) is 81.0. The number of hydrogen-bond acceptors (Lipinski definition) is 22. The predicted octanol–water partition coefficient (Wildman–Crippen LogP) is -2.67. The van der Waals surface area contributed by atoms with Crippen LogP contribution in [0.2, 0.25) is 0 Å². The number of carbonyl (C=O) groups excluding carboxylic acids is 5. The number of esters is 1. The molecule has 22 N–H and O–H groups in total. The quantitative estimate of drug-likeness (QED) is 0.0356. The molecule has 28 nitrogen and oxygen atoms in total. The summed E-state index contributed by atoms with van der Waals surface area (Å²) in [5.41, 5.74) is 15.8. The van der Waals surface area contributed by atoms with Gasteiger partial charge in [-0.1, -0.05) is 6.92 Å². The van der Waals surface area contributed by atoms with E-state index >= 15 is 0 Å². The molecule has 0 spiro atoms. The number of urea groups is 2. The van der Waals surface area contributed by atoms with Gasteiger partial charge < -0.3 is 114 Å². The number of aliphatic imine (C=N–C) groups is 1. The summed E-state index contributed by atoms with van der Waals surface area (Å²) >= 11 is 0. The van der Waals surface area contributed by atoms with Crippen molar-refractivity contribution in [3.63, 3.8) is 0 Å². The lowest BCUT2D eigenvalue weighted by Gasteiger charge is -2.09. The van der Waals surface area contributed by atoms with Gasteiger partial charge in [-0.15, -0.1) is 0 Å². The van der Waals surface area contributed by atoms with Crippen LogP contribution in [-0.2, 0) is 19.0 Å². The van der Waals surface area contributed by atoms with Gasteiger partial charge in [0, 0.05) is 77.6 Å². The SMILES string of the molecule is CC(C)=NCC(C)O.CC(C)O.CC(O)CN.CC(O)CNC(=O)NCC(C)O.CCC(C)O.CNC(=O)NCC(C)O.COC(=O)CCC(O)CNC(=O)OC.COC(=O)NCC(C)O.NCC(O)CN. The van der Waals surface area contributed by atoms with E-state index in [2.05, 4.69) is 51.1 Å². The maximum Gasteiger partial charge on any atom is 0.406 e. The van der Waals surface area contributed by atoms with Gasteiger partial charge in [-0.25, -0.2) is 19.2 Å². The summed E-state index contributed by atoms with van der Waals surface area (Å²) in [4.78, 5) is 56.7. The standard InChI is InChI=1S/C8H15NO5.C7H16N2O3.C6H13NO.C5H12N2O2.C5H11NO3.C4H10O.C3H10N2O.C3H9NO.C3H8O/c1-13-7(11)4-3-6(10)5-9-8(12)14-2;1-5(10)3-8-7(12)9-4-6(2)11;1-5(2)7-4-6(3)8;1-4(8)3-7-5(9)6-2;1-4(7)3-6-5(8)9-2;1-3-4(2)5;4-1-3(6)2-5;1-3(5)2-4;1-3(2)4/h6,10H,3-5H2,1-2H3,(H,9,12);5-6,10-11H,3-4H2,1-2H3,(H2,8,9,12);6,8H,4H2,1-3H3;4,8H,3H2,1-2H3,(H2,6,7,9);4,7H,3H2,1-2H3,(H,6,8);4-5H,3H2,1-2H3;3,6H,1-2,4-5H2;3,5H,2,4H2,1H3;3-4H,1-2H3. The smallest absolute Gasteiger partial charge is 0.406 e. The van der Waals surface area contributed by atoms with Crippen molar-refractivity contribution in [2.24, 2.45) is 22.2 Å². The van der Waals surface area contributed by atoms with Gasteiger partial charge >= 0.3 is 30.2 Å². The number of nitrogens with two attached hydrogens (primary N) is 3. The van der Waals surface area contributed by atoms with Crippen LogP contribution >= 0.6 is 0 Å². The van der Waals surface area contributed by atoms with Crippen LogP contribution < -0.4 is 49.1 Å². The molecule has 0 aliphatic rings. The zero-order valence-electron chi connectivity index (χ0n) is 46.2. The Bertz CT molecular complexity index is 1130. The molecule has 0 fully saturated rings. The van der Waals surface area contributed by atoms with Crippen LogP contribution in [0.4, 0.5) is 19.2 Å². The molecule has 8 unspecified atom stereocenters. The number of hydrogen-bond donors (Lipinski definition) is 19. The first-order valence-corrected chi connectivity index (χ1v) is 23.2. The lowest BCUT2D eigenvalue weighted by molar-refractivity contribution is -0.141. The first kappa shape index (κ1) is 87.4. The van der Waals surface area contributed by atoms with E-state index in [0.29, 0.717) is 19.6 Å². The van der Waals surface area contributed by atoms with Gasteiger partial charge in [0.1, 0.15) is 0 Å². The molecule has 438 valence electrons. The fraction of sp³-hybridized carbons (Fsp3) is 0.864. The van der Waals surface area contributed by atoms with Gasteiger partial charge in [-0.05, 0) is 89.0 Å². The first-order chi connectivity index (χ1) is 33.1. The van der Waals surface area contributed by atoms with Crippen molar-refractivity contribution in [2.45, 2.75) is 163 Å². The third-order valence-corrected chi connectivity index (χ3v) is 6.35. The van der Waals surface area contributed by atoms with E-state index < -0.39 is 48.8 Å². The maximum absolute atomic E-state index is 10.8. The van der Waals surface area contributed by atoms with Gasteiger partial charge in [-0.2, -0.15) is 0 Å². The molecule has 0 heterocycles. The number of aliphatic hydroxyl groups is 10. The summed E-state index contributed by atoms with van der Waals surface area (Å²) < 4.78 is 12.9. The third-order valence-electron chi connectivity index (χ3n) is 6.35. The van der Waals surface area contributed by atoms with E-state index in [4.69, 9.17) is 63.2 Å². The van der Waals surface area contributed by atoms with Gasteiger partial charge in [0.25, 0.3) is 0 Å². The lowest BCUT2D eigenvalue weighted by Crippen LogP contribution is -2.41. The number of aliphatic hydroxyl groups excluding tert-OH is 10. The topological polar surface area (TPSA) is 478 Å². The summed E-state index contributed by atoms with van der Waals surface area (Å²) in [6.45, 7) is 23.2. The second kappa shape index (κ2) is 66.7. The van der Waals surface area contributed by atoms with Gasteiger partial charge in [0.2, 0.25) is 0 Å². The Morgan fingerprint density at radius 1 is 0.486 bits per heavy atom. The number of rotatable bonds is 19. The van der Waals surface area contributed by atoms with Crippen LogP contribution in [0.25, 0.3) is 0 Å². The van der Waals surface area contributed by atoms with E-state index in [1.54, 1.807) is 62.3 Å². The molecule has 0 saturated heterocycles. The van der Waals surface area contributed by atoms with E-state index in [1.807, 2.05) is 20.8 Å². The number of ether oxygens (including phenoxy) is 3. The molecule has 8 atom stereocenters. The summed E-state index contributed by atoms with van der Waals surface area (Å²) in [7, 11) is 5.31. The number of carbonyl (C=O) groups is 5. The van der Waals surface area contributed by atoms with Crippen LogP contribution in [-0.4, -0.2) is 235 Å². The highest BCUT2D eigenvalue weighted by atomic mass is 16.5. The minimum atomic E-state index is -0.770. The van der Waals surface area contributed by atoms with Gasteiger partial charge in [0.05, 0.1) is 82.8 Å². The van der Waals surface area contributed by atoms with Crippen LogP contribution in [0.1, 0.15) is 102 Å². The summed E-state index contributed by atoms with van der Waals surface area (Å²) in [6, 6.07) is -0.646. The molecule has 0 rings (SSSR count). The zero-order chi connectivity index (χ0) is 58.8. The van der Waals surface area contributed by atoms with E-state index in [9.17, 15) is 29.1 Å². The maximum atomic E-state index is 10.8. The summed E-state index contributed by atoms with van der Waals surface area (Å²) in [5.74, 6) is -0.387. The molecule has 0 bridgehead atoms. The molecular weight excluding hydrogens is 957 g/mol. The first-order valence-electron chi connectivity index (χ1n) is 23.2. The van der Waals surface area contributed by atoms with Crippen LogP contribution in [0, 0.1) is 0 Å². The average Bonchev–Trinajstić information content (AvgIpc) is 3.31. The fourth-order valence-corrected chi connectivity index (χ4v) is 2.35. The number of nitrogens with zero attached hydrogens (tertiary/aromatic N) is 1. The summed E-state index contributed by atoms with van der Waals surface area (Å²) in [5, 5.41) is 100. The Balaban J connectivity index is -0.0000000909. The van der Waals surface area contributed by atoms with Crippen LogP contribution in [0.15, 0.2) is 4.99 Å². The van der Waals surface area contributed by atoms with Crippen molar-refractivity contribution >= 4 is 35.9 Å². The number of amides is 6. The molecule has 0 aliphatic carbocycles. The molecule has 0 aromatic carbocycles. The van der Waals surface area contributed by atoms with E-state index in [-0.39, 0.29) is 94.6 Å². The van der Waals surface area contributed by atoms with Crippen molar-refractivity contribution in [3.05, 3.63) is 0 Å². The number of alkyl carbamates (subject to hydrolysis) is 2.